The Morgan fingerprint density at radius 2 is 1.94 bits per heavy atom. The monoisotopic (exact) mass is 448 g/mol. The lowest BCUT2D eigenvalue weighted by atomic mass is 10.2. The minimum atomic E-state index is -3.72. The second kappa shape index (κ2) is 10.6. The fraction of sp³-hybridized carbons (Fsp3) is 0.409. The zero-order chi connectivity index (χ0) is 22.3. The number of nitrogens with zero attached hydrogens (tertiary/aromatic N) is 1. The van der Waals surface area contributed by atoms with Gasteiger partial charge >= 0.3 is 0 Å². The minimum Gasteiger partial charge on any atom is -0.497 e. The summed E-state index contributed by atoms with van der Waals surface area (Å²) in [5.41, 5.74) is 0.298. The lowest BCUT2D eigenvalue weighted by Gasteiger charge is -2.18. The minimum absolute atomic E-state index is 0.0548. The maximum Gasteiger partial charge on any atom is 0.253 e. The molecular weight excluding hydrogens is 420 g/mol. The Labute approximate surface area is 183 Å². The fourth-order valence-electron chi connectivity index (χ4n) is 3.18. The van der Waals surface area contributed by atoms with Crippen molar-refractivity contribution in [3.63, 3.8) is 0 Å². The number of rotatable bonds is 10. The third-order valence-corrected chi connectivity index (χ3v) is 6.44. The molecule has 1 aliphatic rings. The Morgan fingerprint density at radius 3 is 2.61 bits per heavy atom. The van der Waals surface area contributed by atoms with Crippen molar-refractivity contribution in [2.24, 2.45) is 0 Å². The van der Waals surface area contributed by atoms with Crippen molar-refractivity contribution < 1.29 is 27.4 Å². The number of hydrogen-bond donors (Lipinski definition) is 1. The van der Waals surface area contributed by atoms with Crippen molar-refractivity contribution in [1.29, 1.82) is 0 Å². The Morgan fingerprint density at radius 1 is 1.19 bits per heavy atom. The van der Waals surface area contributed by atoms with Crippen LogP contribution >= 0.6 is 0 Å². The van der Waals surface area contributed by atoms with Crippen LogP contribution in [0.1, 0.15) is 23.2 Å². The fourth-order valence-corrected chi connectivity index (χ4v) is 4.29. The lowest BCUT2D eigenvalue weighted by Crippen LogP contribution is -2.33. The number of carbonyl (C=O) groups excluding carboxylic acids is 1. The van der Waals surface area contributed by atoms with E-state index in [0.29, 0.717) is 31.1 Å². The van der Waals surface area contributed by atoms with Gasteiger partial charge in [-0.15, -0.1) is 0 Å². The van der Waals surface area contributed by atoms with Crippen LogP contribution in [-0.4, -0.2) is 65.8 Å². The van der Waals surface area contributed by atoms with Gasteiger partial charge in [0.1, 0.15) is 18.1 Å². The predicted molar refractivity (Wildman–Crippen MR) is 116 cm³/mol. The maximum atomic E-state index is 12.7. The second-order valence-corrected chi connectivity index (χ2v) is 9.03. The summed E-state index contributed by atoms with van der Waals surface area (Å²) < 4.78 is 44.0. The highest BCUT2D eigenvalue weighted by Crippen LogP contribution is 2.18. The molecule has 8 nitrogen and oxygen atoms in total. The molecule has 1 saturated heterocycles. The molecule has 3 rings (SSSR count). The van der Waals surface area contributed by atoms with Gasteiger partial charge in [0.15, 0.2) is 0 Å². The highest BCUT2D eigenvalue weighted by molar-refractivity contribution is 7.89. The molecular formula is C22H28N2O6S. The van der Waals surface area contributed by atoms with Crippen molar-refractivity contribution in [1.82, 2.24) is 9.62 Å². The maximum absolute atomic E-state index is 12.7. The molecule has 0 bridgehead atoms. The number of ether oxygens (including phenoxy) is 3. The van der Waals surface area contributed by atoms with Gasteiger partial charge in [-0.2, -0.15) is 0 Å². The summed E-state index contributed by atoms with van der Waals surface area (Å²) in [4.78, 5) is 14.3. The van der Waals surface area contributed by atoms with Gasteiger partial charge in [-0.05, 0) is 55.3 Å². The van der Waals surface area contributed by atoms with Gasteiger partial charge < -0.3 is 19.1 Å². The highest BCUT2D eigenvalue weighted by atomic mass is 32.2. The zero-order valence-electron chi connectivity index (χ0n) is 17.7. The van der Waals surface area contributed by atoms with E-state index < -0.39 is 10.0 Å². The largest absolute Gasteiger partial charge is 0.497 e. The Kier molecular flexibility index (Phi) is 7.89. The van der Waals surface area contributed by atoms with Crippen LogP contribution in [0.2, 0.25) is 0 Å². The molecule has 0 aromatic heterocycles. The molecule has 1 heterocycles. The van der Waals surface area contributed by atoms with Gasteiger partial charge in [0.25, 0.3) is 5.91 Å². The van der Waals surface area contributed by atoms with E-state index in [1.807, 2.05) is 0 Å². The van der Waals surface area contributed by atoms with E-state index >= 15 is 0 Å². The van der Waals surface area contributed by atoms with Gasteiger partial charge in [0.05, 0.1) is 24.7 Å². The van der Waals surface area contributed by atoms with Gasteiger partial charge in [-0.25, -0.2) is 13.1 Å². The molecule has 1 aliphatic heterocycles. The summed E-state index contributed by atoms with van der Waals surface area (Å²) in [6.07, 6.45) is 1.67. The summed E-state index contributed by atoms with van der Waals surface area (Å²) >= 11 is 0. The summed E-state index contributed by atoms with van der Waals surface area (Å²) in [5, 5.41) is 0. The summed E-state index contributed by atoms with van der Waals surface area (Å²) in [6.45, 7) is 1.53. The molecule has 1 unspecified atom stereocenters. The quantitative estimate of drug-likeness (QED) is 0.599. The van der Waals surface area contributed by atoms with Crippen molar-refractivity contribution in [3.05, 3.63) is 54.1 Å². The van der Waals surface area contributed by atoms with Crippen LogP contribution in [0, 0.1) is 0 Å². The standard InChI is InChI=1S/C22H28N2O6S/c1-24(12-14-30-19-10-8-18(28-2)9-11-19)22(25)17-5-3-7-21(15-17)31(26,27)23-16-20-6-4-13-29-20/h3,5,7-11,15,20,23H,4,6,12-14,16H2,1-2H3. The molecule has 31 heavy (non-hydrogen) atoms. The van der Waals surface area contributed by atoms with Crippen molar-refractivity contribution in [2.45, 2.75) is 23.8 Å². The lowest BCUT2D eigenvalue weighted by molar-refractivity contribution is 0.0773. The molecule has 9 heteroatoms. The van der Waals surface area contributed by atoms with Crippen LogP contribution in [0.15, 0.2) is 53.4 Å². The van der Waals surface area contributed by atoms with Gasteiger partial charge in [-0.1, -0.05) is 6.07 Å². The molecule has 0 aliphatic carbocycles. The topological polar surface area (TPSA) is 94.2 Å². The molecule has 2 aromatic carbocycles. The zero-order valence-corrected chi connectivity index (χ0v) is 18.6. The summed E-state index contributed by atoms with van der Waals surface area (Å²) in [5.74, 6) is 1.13. The molecule has 1 N–H and O–H groups in total. The first-order valence-corrected chi connectivity index (χ1v) is 11.6. The van der Waals surface area contributed by atoms with E-state index in [0.717, 1.165) is 18.6 Å². The molecule has 0 saturated carbocycles. The van der Waals surface area contributed by atoms with Crippen LogP contribution < -0.4 is 14.2 Å². The van der Waals surface area contributed by atoms with E-state index in [1.54, 1.807) is 50.6 Å². The first-order chi connectivity index (χ1) is 14.9. The van der Waals surface area contributed by atoms with Crippen molar-refractivity contribution in [3.8, 4) is 11.5 Å². The van der Waals surface area contributed by atoms with E-state index in [1.165, 1.54) is 17.0 Å². The van der Waals surface area contributed by atoms with Crippen LogP contribution in [0.4, 0.5) is 0 Å². The number of benzene rings is 2. The summed E-state index contributed by atoms with van der Waals surface area (Å²) in [6, 6.07) is 13.2. The predicted octanol–water partition coefficient (Wildman–Crippen LogP) is 2.30. The highest BCUT2D eigenvalue weighted by Gasteiger charge is 2.21. The molecule has 1 atom stereocenters. The average molecular weight is 449 g/mol. The van der Waals surface area contributed by atoms with E-state index in [4.69, 9.17) is 14.2 Å². The van der Waals surface area contributed by atoms with E-state index in [9.17, 15) is 13.2 Å². The third kappa shape index (κ3) is 6.43. The Balaban J connectivity index is 1.55. The Bertz CT molecular complexity index is 972. The number of nitrogens with one attached hydrogen (secondary N) is 1. The summed E-state index contributed by atoms with van der Waals surface area (Å²) in [7, 11) is -0.480. The van der Waals surface area contributed by atoms with Gasteiger partial charge in [-0.3, -0.25) is 4.79 Å². The molecule has 1 fully saturated rings. The van der Waals surface area contributed by atoms with Gasteiger partial charge in [0.2, 0.25) is 10.0 Å². The molecule has 168 valence electrons. The van der Waals surface area contributed by atoms with Crippen molar-refractivity contribution in [2.75, 3.05) is 40.5 Å². The van der Waals surface area contributed by atoms with Crippen LogP contribution in [0.25, 0.3) is 0 Å². The van der Waals surface area contributed by atoms with Crippen LogP contribution in [0.3, 0.4) is 0 Å². The number of sulfonamides is 1. The smallest absolute Gasteiger partial charge is 0.253 e. The van der Waals surface area contributed by atoms with Gasteiger partial charge in [0, 0.05) is 25.8 Å². The van der Waals surface area contributed by atoms with Crippen LogP contribution in [0.5, 0.6) is 11.5 Å². The molecule has 2 aromatic rings. The van der Waals surface area contributed by atoms with Crippen molar-refractivity contribution >= 4 is 15.9 Å². The number of amides is 1. The SMILES string of the molecule is COc1ccc(OCCN(C)C(=O)c2cccc(S(=O)(=O)NCC3CCCO3)c2)cc1. The number of likely N-dealkylation sites (N-methyl/N-ethyl adjacent to an activating group) is 1. The Hall–Kier alpha value is -2.62. The first kappa shape index (κ1) is 23.1. The van der Waals surface area contributed by atoms with E-state index in [-0.39, 0.29) is 23.5 Å². The molecule has 1 amide bonds. The number of methoxy groups -OCH3 is 1. The first-order valence-electron chi connectivity index (χ1n) is 10.1. The molecule has 0 radical (unpaired) electrons. The normalized spacial score (nSPS) is 16.1. The molecule has 0 spiro atoms. The second-order valence-electron chi connectivity index (χ2n) is 7.27. The third-order valence-electron chi connectivity index (χ3n) is 5.02. The number of hydrogen-bond acceptors (Lipinski definition) is 6. The average Bonchev–Trinajstić information content (AvgIpc) is 3.31. The van der Waals surface area contributed by atoms with Crippen LogP contribution in [-0.2, 0) is 14.8 Å². The van der Waals surface area contributed by atoms with E-state index in [2.05, 4.69) is 4.72 Å². The number of carbonyl (C=O) groups is 1.